The van der Waals surface area contributed by atoms with Gasteiger partial charge in [-0.05, 0) is 42.0 Å². The first-order valence-corrected chi connectivity index (χ1v) is 10.5. The van der Waals surface area contributed by atoms with Crippen molar-refractivity contribution in [3.8, 4) is 22.8 Å². The molecule has 2 aromatic heterocycles. The lowest BCUT2D eigenvalue weighted by molar-refractivity contribution is -0.286. The first kappa shape index (κ1) is 23.5. The standard InChI is InChI=1S/C24H14F2N4O7/c1-27-14-8-12(7-13(9-14)23(33)34)20-21-16(5-6-35-21)22(32)30(28-20)11-19(31)29(2)15-3-4-17-18(10-15)37-24(25,26)36-17/h3-10H,11H2,2H3,(H,33,34). The van der Waals surface area contributed by atoms with Gasteiger partial charge in [0, 0.05) is 24.4 Å². The summed E-state index contributed by atoms with van der Waals surface area (Å²) in [5, 5.41) is 13.7. The maximum Gasteiger partial charge on any atom is 0.586 e. The van der Waals surface area contributed by atoms with Crippen LogP contribution in [0.3, 0.4) is 0 Å². The normalized spacial score (nSPS) is 13.4. The number of alkyl halides is 2. The number of fused-ring (bicyclic) bond motifs is 2. The molecule has 1 amide bonds. The van der Waals surface area contributed by atoms with Gasteiger partial charge in [0.25, 0.3) is 5.56 Å². The molecule has 186 valence electrons. The predicted octanol–water partition coefficient (Wildman–Crippen LogP) is 3.89. The fourth-order valence-corrected chi connectivity index (χ4v) is 3.77. The summed E-state index contributed by atoms with van der Waals surface area (Å²) in [4.78, 5) is 42.0. The van der Waals surface area contributed by atoms with Crippen molar-refractivity contribution in [3.63, 3.8) is 0 Å². The van der Waals surface area contributed by atoms with Crippen molar-refractivity contribution in [3.05, 3.63) is 76.1 Å². The number of hydrogen-bond donors (Lipinski definition) is 1. The van der Waals surface area contributed by atoms with Gasteiger partial charge in [0.15, 0.2) is 22.8 Å². The molecule has 13 heteroatoms. The first-order chi connectivity index (χ1) is 17.6. The highest BCUT2D eigenvalue weighted by Gasteiger charge is 2.43. The lowest BCUT2D eigenvalue weighted by Crippen LogP contribution is -2.35. The van der Waals surface area contributed by atoms with E-state index in [9.17, 15) is 28.3 Å². The molecule has 37 heavy (non-hydrogen) atoms. The SMILES string of the molecule is [C-]#[N+]c1cc(C(=O)O)cc(-c2nn(CC(=O)N(C)c3ccc4c(c3)OC(F)(F)O4)c(=O)c3ccoc23)c1. The number of nitrogens with zero attached hydrogens (tertiary/aromatic N) is 4. The average Bonchev–Trinajstić information content (AvgIpc) is 3.47. The van der Waals surface area contributed by atoms with E-state index in [0.29, 0.717) is 0 Å². The van der Waals surface area contributed by atoms with Crippen LogP contribution in [0.2, 0.25) is 0 Å². The summed E-state index contributed by atoms with van der Waals surface area (Å²) >= 11 is 0. The molecule has 0 spiro atoms. The second kappa shape index (κ2) is 8.45. The number of carbonyl (C=O) groups is 2. The van der Waals surface area contributed by atoms with E-state index in [4.69, 9.17) is 11.0 Å². The van der Waals surface area contributed by atoms with Crippen molar-refractivity contribution in [2.45, 2.75) is 12.8 Å². The lowest BCUT2D eigenvalue weighted by atomic mass is 10.1. The third kappa shape index (κ3) is 4.20. The third-order valence-electron chi connectivity index (χ3n) is 5.56. The van der Waals surface area contributed by atoms with E-state index in [1.54, 1.807) is 0 Å². The van der Waals surface area contributed by atoms with Gasteiger partial charge in [-0.25, -0.2) is 14.3 Å². The maximum absolute atomic E-state index is 13.3. The van der Waals surface area contributed by atoms with Crippen molar-refractivity contribution < 1.29 is 37.4 Å². The Labute approximate surface area is 205 Å². The van der Waals surface area contributed by atoms with Crippen molar-refractivity contribution >= 4 is 34.2 Å². The number of rotatable bonds is 5. The van der Waals surface area contributed by atoms with Crippen LogP contribution < -0.4 is 19.9 Å². The number of aromatic nitrogens is 2. The quantitative estimate of drug-likeness (QED) is 0.402. The van der Waals surface area contributed by atoms with Crippen LogP contribution in [0.1, 0.15) is 10.4 Å². The summed E-state index contributed by atoms with van der Waals surface area (Å²) in [7, 11) is 1.37. The summed E-state index contributed by atoms with van der Waals surface area (Å²) in [6, 6.07) is 9.00. The van der Waals surface area contributed by atoms with Crippen molar-refractivity contribution in [1.82, 2.24) is 9.78 Å². The largest absolute Gasteiger partial charge is 0.586 e. The van der Waals surface area contributed by atoms with Gasteiger partial charge in [0.2, 0.25) is 5.91 Å². The molecule has 5 rings (SSSR count). The van der Waals surface area contributed by atoms with Crippen LogP contribution in [0, 0.1) is 6.57 Å². The number of aromatic carboxylic acids is 1. The van der Waals surface area contributed by atoms with E-state index in [-0.39, 0.29) is 50.7 Å². The Bertz CT molecular complexity index is 1700. The number of furan rings is 1. The Morgan fingerprint density at radius 3 is 2.65 bits per heavy atom. The van der Waals surface area contributed by atoms with E-state index < -0.39 is 30.3 Å². The molecule has 0 atom stereocenters. The summed E-state index contributed by atoms with van der Waals surface area (Å²) in [5.74, 6) is -2.34. The molecule has 1 aliphatic rings. The number of ether oxygens (including phenoxy) is 2. The molecule has 1 aliphatic heterocycles. The summed E-state index contributed by atoms with van der Waals surface area (Å²) < 4.78 is 41.7. The third-order valence-corrected chi connectivity index (χ3v) is 5.56. The zero-order valence-electron chi connectivity index (χ0n) is 18.8. The molecule has 0 saturated carbocycles. The van der Waals surface area contributed by atoms with Gasteiger partial charge >= 0.3 is 12.3 Å². The number of anilines is 1. The topological polar surface area (TPSA) is 128 Å². The van der Waals surface area contributed by atoms with Gasteiger partial charge in [-0.2, -0.15) is 5.10 Å². The zero-order valence-corrected chi connectivity index (χ0v) is 18.8. The second-order valence-corrected chi connectivity index (χ2v) is 7.91. The van der Waals surface area contributed by atoms with Gasteiger partial charge in [-0.15, -0.1) is 8.78 Å². The Hall–Kier alpha value is -5.25. The molecular weight excluding hydrogens is 494 g/mol. The number of likely N-dealkylation sites (N-methyl/N-ethyl adjacent to an activating group) is 1. The molecule has 4 aromatic rings. The molecular formula is C24H14F2N4O7. The Kier molecular flexibility index (Phi) is 5.36. The van der Waals surface area contributed by atoms with Crippen LogP contribution in [-0.2, 0) is 11.3 Å². The van der Waals surface area contributed by atoms with Crippen molar-refractivity contribution in [1.29, 1.82) is 0 Å². The van der Waals surface area contributed by atoms with E-state index >= 15 is 0 Å². The molecule has 2 aromatic carbocycles. The lowest BCUT2D eigenvalue weighted by Gasteiger charge is -2.18. The number of halogens is 2. The van der Waals surface area contributed by atoms with Gasteiger partial charge in [0.1, 0.15) is 12.2 Å². The van der Waals surface area contributed by atoms with E-state index in [1.807, 2.05) is 0 Å². The molecule has 0 fully saturated rings. The molecule has 0 saturated heterocycles. The van der Waals surface area contributed by atoms with E-state index in [0.717, 1.165) is 9.58 Å². The molecule has 3 heterocycles. The number of carbonyl (C=O) groups excluding carboxylic acids is 1. The van der Waals surface area contributed by atoms with Gasteiger partial charge < -0.3 is 23.9 Å². The fraction of sp³-hybridized carbons (Fsp3) is 0.125. The maximum atomic E-state index is 13.3. The van der Waals surface area contributed by atoms with Crippen LogP contribution in [0.15, 0.2) is 57.9 Å². The van der Waals surface area contributed by atoms with Crippen molar-refractivity contribution in [2.75, 3.05) is 11.9 Å². The van der Waals surface area contributed by atoms with Crippen LogP contribution in [0.5, 0.6) is 11.5 Å². The number of carboxylic acids is 1. The second-order valence-electron chi connectivity index (χ2n) is 7.91. The number of benzene rings is 2. The minimum atomic E-state index is -3.82. The van der Waals surface area contributed by atoms with Crippen LogP contribution in [0.4, 0.5) is 20.2 Å². The number of amides is 1. The summed E-state index contributed by atoms with van der Waals surface area (Å²) in [5.41, 5.74) is -0.314. The molecule has 0 unspecified atom stereocenters. The highest BCUT2D eigenvalue weighted by Crippen LogP contribution is 2.42. The van der Waals surface area contributed by atoms with Gasteiger partial charge in [0.05, 0.1) is 18.2 Å². The average molecular weight is 508 g/mol. The highest BCUT2D eigenvalue weighted by atomic mass is 19.3. The van der Waals surface area contributed by atoms with Gasteiger partial charge in [-0.3, -0.25) is 9.59 Å². The fourth-order valence-electron chi connectivity index (χ4n) is 3.77. The molecule has 1 N–H and O–H groups in total. The molecule has 0 aliphatic carbocycles. The smallest absolute Gasteiger partial charge is 0.478 e. The number of carboxylic acid groups (broad SMARTS) is 1. The monoisotopic (exact) mass is 508 g/mol. The zero-order chi connectivity index (χ0) is 26.5. The summed E-state index contributed by atoms with van der Waals surface area (Å²) in [6.07, 6.45) is -2.57. The van der Waals surface area contributed by atoms with Gasteiger partial charge in [-0.1, -0.05) is 0 Å². The van der Waals surface area contributed by atoms with Crippen LogP contribution in [-0.4, -0.2) is 40.1 Å². The van der Waals surface area contributed by atoms with Crippen LogP contribution in [0.25, 0.3) is 27.1 Å². The Morgan fingerprint density at radius 1 is 1.16 bits per heavy atom. The summed E-state index contributed by atoms with van der Waals surface area (Å²) in [6.45, 7) is 6.71. The Balaban J connectivity index is 1.52. The molecule has 11 nitrogen and oxygen atoms in total. The van der Waals surface area contributed by atoms with Crippen LogP contribution >= 0.6 is 0 Å². The highest BCUT2D eigenvalue weighted by molar-refractivity contribution is 5.96. The molecule has 0 radical (unpaired) electrons. The minimum Gasteiger partial charge on any atom is -0.478 e. The molecule has 0 bridgehead atoms. The first-order valence-electron chi connectivity index (χ1n) is 10.5. The minimum absolute atomic E-state index is 0.0263. The number of hydrogen-bond acceptors (Lipinski definition) is 7. The van der Waals surface area contributed by atoms with Crippen molar-refractivity contribution in [2.24, 2.45) is 0 Å². The van der Waals surface area contributed by atoms with E-state index in [2.05, 4.69) is 19.4 Å². The Morgan fingerprint density at radius 2 is 1.92 bits per heavy atom. The predicted molar refractivity (Wildman–Crippen MR) is 123 cm³/mol. The van der Waals surface area contributed by atoms with E-state index in [1.165, 1.54) is 55.8 Å².